The van der Waals surface area contributed by atoms with Crippen LogP contribution in [-0.4, -0.2) is 27.9 Å². The Morgan fingerprint density at radius 1 is 1.47 bits per heavy atom. The van der Waals surface area contributed by atoms with Crippen molar-refractivity contribution in [3.8, 4) is 0 Å². The van der Waals surface area contributed by atoms with E-state index in [9.17, 15) is 19.4 Å². The van der Waals surface area contributed by atoms with Gasteiger partial charge in [0, 0.05) is 5.33 Å². The number of hydrogen-bond acceptors (Lipinski definition) is 3. The van der Waals surface area contributed by atoms with Crippen LogP contribution in [0.1, 0.15) is 22.0 Å². The van der Waals surface area contributed by atoms with Crippen LogP contribution in [0.4, 0.5) is 4.39 Å². The topological polar surface area (TPSA) is 57.5 Å². The molecule has 2 atom stereocenters. The maximum atomic E-state index is 13.1. The van der Waals surface area contributed by atoms with Crippen molar-refractivity contribution < 1.29 is 19.4 Å². The molecule has 15 heavy (non-hydrogen) atoms. The van der Waals surface area contributed by atoms with Gasteiger partial charge in [0.15, 0.2) is 6.29 Å². The molecule has 3 nitrogen and oxygen atoms in total. The summed E-state index contributed by atoms with van der Waals surface area (Å²) in [5.41, 5.74) is 0.171. The Morgan fingerprint density at radius 3 is 2.60 bits per heavy atom. The second kappa shape index (κ2) is 5.34. The monoisotopic (exact) mass is 276 g/mol. The first-order chi connectivity index (χ1) is 7.10. The zero-order valence-electron chi connectivity index (χ0n) is 7.73. The summed E-state index contributed by atoms with van der Waals surface area (Å²) in [4.78, 5) is 10.3. The highest BCUT2D eigenvalue weighted by Gasteiger charge is 2.18. The number of rotatable bonds is 4. The van der Waals surface area contributed by atoms with Crippen molar-refractivity contribution in [3.05, 3.63) is 35.1 Å². The van der Waals surface area contributed by atoms with Gasteiger partial charge >= 0.3 is 0 Å². The molecule has 82 valence electrons. The van der Waals surface area contributed by atoms with Crippen LogP contribution in [0.2, 0.25) is 0 Å². The van der Waals surface area contributed by atoms with Gasteiger partial charge < -0.3 is 10.2 Å². The number of aliphatic hydroxyl groups excluding tert-OH is 2. The number of hydrogen-bond donors (Lipinski definition) is 2. The third-order valence-electron chi connectivity index (χ3n) is 2.02. The minimum atomic E-state index is -1.17. The summed E-state index contributed by atoms with van der Waals surface area (Å²) in [5.74, 6) is -0.705. The van der Waals surface area contributed by atoms with E-state index in [2.05, 4.69) is 15.9 Å². The molecule has 1 aromatic rings. The highest BCUT2D eigenvalue weighted by Crippen LogP contribution is 2.20. The number of aliphatic hydroxyl groups is 2. The summed E-state index contributed by atoms with van der Waals surface area (Å²) < 4.78 is 13.1. The van der Waals surface area contributed by atoms with Gasteiger partial charge in [-0.1, -0.05) is 22.0 Å². The zero-order valence-corrected chi connectivity index (χ0v) is 9.32. The Balaban J connectivity index is 2.96. The van der Waals surface area contributed by atoms with Crippen molar-refractivity contribution in [1.82, 2.24) is 0 Å². The highest BCUT2D eigenvalue weighted by molar-refractivity contribution is 9.09. The third kappa shape index (κ3) is 2.84. The summed E-state index contributed by atoms with van der Waals surface area (Å²) in [5, 5.41) is 19.0. The molecule has 1 rings (SSSR count). The van der Waals surface area contributed by atoms with Gasteiger partial charge in [-0.25, -0.2) is 4.39 Å². The fourth-order valence-corrected chi connectivity index (χ4v) is 1.48. The van der Waals surface area contributed by atoms with Crippen LogP contribution in [0.25, 0.3) is 0 Å². The van der Waals surface area contributed by atoms with E-state index < -0.39 is 18.0 Å². The second-order valence-corrected chi connectivity index (χ2v) is 3.71. The molecule has 0 saturated heterocycles. The summed E-state index contributed by atoms with van der Waals surface area (Å²) >= 11 is 3.00. The Bertz CT molecular complexity index is 357. The van der Waals surface area contributed by atoms with Crippen LogP contribution < -0.4 is 0 Å². The van der Waals surface area contributed by atoms with E-state index in [1.807, 2.05) is 0 Å². The van der Waals surface area contributed by atoms with Crippen molar-refractivity contribution in [2.75, 3.05) is 5.33 Å². The summed E-state index contributed by atoms with van der Waals surface area (Å²) in [6, 6.07) is 3.71. The largest absolute Gasteiger partial charge is 0.389 e. The van der Waals surface area contributed by atoms with Crippen molar-refractivity contribution in [2.45, 2.75) is 12.2 Å². The summed E-state index contributed by atoms with van der Waals surface area (Å²) in [6.45, 7) is 0. The number of alkyl halides is 1. The van der Waals surface area contributed by atoms with Gasteiger partial charge in [-0.2, -0.15) is 0 Å². The first-order valence-electron chi connectivity index (χ1n) is 4.27. The van der Waals surface area contributed by atoms with Gasteiger partial charge in [-0.15, -0.1) is 0 Å². The molecular formula is C10H10BrFO3. The van der Waals surface area contributed by atoms with Gasteiger partial charge in [0.2, 0.25) is 0 Å². The van der Waals surface area contributed by atoms with Crippen molar-refractivity contribution in [1.29, 1.82) is 0 Å². The summed E-state index contributed by atoms with van der Waals surface area (Å²) in [7, 11) is 0. The molecule has 0 bridgehead atoms. The van der Waals surface area contributed by atoms with E-state index in [1.165, 1.54) is 12.1 Å². The molecule has 5 heteroatoms. The lowest BCUT2D eigenvalue weighted by Crippen LogP contribution is -2.19. The van der Waals surface area contributed by atoms with Crippen molar-refractivity contribution in [2.24, 2.45) is 0 Å². The lowest BCUT2D eigenvalue weighted by molar-refractivity contribution is 0.0341. The zero-order chi connectivity index (χ0) is 11.4. The SMILES string of the molecule is O=Cc1ccc(C(O)C(O)CBr)cc1F. The first-order valence-corrected chi connectivity index (χ1v) is 5.39. The molecule has 2 unspecified atom stereocenters. The van der Waals surface area contributed by atoms with Gasteiger partial charge in [-0.3, -0.25) is 4.79 Å². The molecule has 0 aliphatic rings. The van der Waals surface area contributed by atoms with Crippen LogP contribution in [0.5, 0.6) is 0 Å². The van der Waals surface area contributed by atoms with Crippen LogP contribution in [0.15, 0.2) is 18.2 Å². The van der Waals surface area contributed by atoms with E-state index in [0.717, 1.165) is 6.07 Å². The number of benzene rings is 1. The maximum Gasteiger partial charge on any atom is 0.152 e. The normalized spacial score (nSPS) is 14.7. The van der Waals surface area contributed by atoms with Gasteiger partial charge in [0.1, 0.15) is 11.9 Å². The van der Waals surface area contributed by atoms with Crippen LogP contribution in [0, 0.1) is 5.82 Å². The van der Waals surface area contributed by atoms with Crippen LogP contribution in [-0.2, 0) is 0 Å². The quantitative estimate of drug-likeness (QED) is 0.646. The van der Waals surface area contributed by atoms with Crippen LogP contribution in [0.3, 0.4) is 0 Å². The third-order valence-corrected chi connectivity index (χ3v) is 2.68. The lowest BCUT2D eigenvalue weighted by atomic mass is 10.0. The predicted molar refractivity (Wildman–Crippen MR) is 56.5 cm³/mol. The molecular weight excluding hydrogens is 267 g/mol. The molecule has 0 saturated carbocycles. The molecule has 0 aromatic heterocycles. The first kappa shape index (κ1) is 12.3. The van der Waals surface area contributed by atoms with E-state index in [4.69, 9.17) is 0 Å². The fourth-order valence-electron chi connectivity index (χ4n) is 1.13. The van der Waals surface area contributed by atoms with E-state index in [-0.39, 0.29) is 16.5 Å². The van der Waals surface area contributed by atoms with Crippen molar-refractivity contribution in [3.63, 3.8) is 0 Å². The Labute approximate surface area is 94.7 Å². The number of carbonyl (C=O) groups excluding carboxylic acids is 1. The second-order valence-electron chi connectivity index (χ2n) is 3.07. The molecule has 0 fully saturated rings. The molecule has 0 spiro atoms. The molecule has 1 aromatic carbocycles. The molecule has 0 aliphatic carbocycles. The standard InChI is InChI=1S/C10H10BrFO3/c11-4-9(14)10(15)6-1-2-7(5-13)8(12)3-6/h1-3,5,9-10,14-15H,4H2. The smallest absolute Gasteiger partial charge is 0.152 e. The maximum absolute atomic E-state index is 13.1. The molecule has 0 aliphatic heterocycles. The van der Waals surface area contributed by atoms with Crippen molar-refractivity contribution >= 4 is 22.2 Å². The fraction of sp³-hybridized carbons (Fsp3) is 0.300. The molecule has 2 N–H and O–H groups in total. The van der Waals surface area contributed by atoms with Gasteiger partial charge in [-0.05, 0) is 17.7 Å². The van der Waals surface area contributed by atoms with Gasteiger partial charge in [0.05, 0.1) is 11.7 Å². The predicted octanol–water partition coefficient (Wildman–Crippen LogP) is 1.43. The Kier molecular flexibility index (Phi) is 4.38. The molecule has 0 heterocycles. The van der Waals surface area contributed by atoms with E-state index in [1.54, 1.807) is 0 Å². The number of aldehydes is 1. The minimum Gasteiger partial charge on any atom is -0.389 e. The Hall–Kier alpha value is -0.780. The average Bonchev–Trinajstić information content (AvgIpc) is 2.26. The molecule has 0 radical (unpaired) electrons. The Morgan fingerprint density at radius 2 is 2.13 bits per heavy atom. The van der Waals surface area contributed by atoms with Gasteiger partial charge in [0.25, 0.3) is 0 Å². The summed E-state index contributed by atoms with van der Waals surface area (Å²) in [6.07, 6.45) is -1.78. The van der Waals surface area contributed by atoms with Crippen LogP contribution >= 0.6 is 15.9 Å². The minimum absolute atomic E-state index is 0.0701. The molecule has 0 amide bonds. The number of halogens is 2. The average molecular weight is 277 g/mol. The highest BCUT2D eigenvalue weighted by atomic mass is 79.9. The van der Waals surface area contributed by atoms with E-state index >= 15 is 0 Å². The van der Waals surface area contributed by atoms with E-state index in [0.29, 0.717) is 6.29 Å². The number of carbonyl (C=O) groups is 1. The lowest BCUT2D eigenvalue weighted by Gasteiger charge is -2.15.